The number of hydrogen-bond acceptors (Lipinski definition) is 5. The van der Waals surface area contributed by atoms with Crippen LogP contribution in [0.25, 0.3) is 0 Å². The van der Waals surface area contributed by atoms with Gasteiger partial charge in [-0.05, 0) is 19.8 Å². The molecule has 0 spiro atoms. The molecule has 0 unspecified atom stereocenters. The highest BCUT2D eigenvalue weighted by molar-refractivity contribution is 5.59. The molecule has 0 amide bonds. The van der Waals surface area contributed by atoms with Gasteiger partial charge in [-0.25, -0.2) is 4.68 Å². The maximum atomic E-state index is 11.0. The monoisotopic (exact) mass is 256 g/mol. The molecule has 1 aromatic heterocycles. The maximum absolute atomic E-state index is 11.0. The molecule has 0 atom stereocenters. The van der Waals surface area contributed by atoms with Gasteiger partial charge in [0, 0.05) is 26.8 Å². The van der Waals surface area contributed by atoms with E-state index in [2.05, 4.69) is 10.4 Å². The number of aryl methyl sites for hydroxylation is 2. The van der Waals surface area contributed by atoms with E-state index in [1.54, 1.807) is 7.05 Å². The summed E-state index contributed by atoms with van der Waals surface area (Å²) in [6.45, 7) is 5.76. The van der Waals surface area contributed by atoms with Crippen LogP contribution in [-0.2, 0) is 18.2 Å². The molecule has 1 rings (SSSR count). The van der Waals surface area contributed by atoms with Crippen LogP contribution in [0.1, 0.15) is 26.0 Å². The fraction of sp³-hybridized carbons (Fsp3) is 0.727. The Morgan fingerprint density at radius 2 is 2.22 bits per heavy atom. The molecule has 0 aliphatic heterocycles. The van der Waals surface area contributed by atoms with Gasteiger partial charge in [-0.15, -0.1) is 0 Å². The van der Waals surface area contributed by atoms with Crippen molar-refractivity contribution in [2.75, 3.05) is 25.1 Å². The first-order valence-electron chi connectivity index (χ1n) is 6.13. The summed E-state index contributed by atoms with van der Waals surface area (Å²) in [4.78, 5) is 10.7. The average molecular weight is 256 g/mol. The van der Waals surface area contributed by atoms with E-state index in [0.29, 0.717) is 37.7 Å². The Hall–Kier alpha value is -1.63. The van der Waals surface area contributed by atoms with Gasteiger partial charge in [0.25, 0.3) is 0 Å². The minimum absolute atomic E-state index is 0.0800. The summed E-state index contributed by atoms with van der Waals surface area (Å²) in [6, 6.07) is 0. The number of ether oxygens (including phenoxy) is 1. The molecular formula is C11H20N4O3. The molecule has 0 aliphatic carbocycles. The van der Waals surface area contributed by atoms with Crippen molar-refractivity contribution in [1.29, 1.82) is 0 Å². The fourth-order valence-corrected chi connectivity index (χ4v) is 1.72. The average Bonchev–Trinajstić information content (AvgIpc) is 2.66. The molecule has 0 saturated carbocycles. The van der Waals surface area contributed by atoms with Crippen LogP contribution in [0.5, 0.6) is 0 Å². The SMILES string of the molecule is CCOCCCNc1c([N+](=O)[O-])c(CC)nn1C. The Morgan fingerprint density at radius 1 is 1.50 bits per heavy atom. The zero-order chi connectivity index (χ0) is 13.5. The molecular weight excluding hydrogens is 236 g/mol. The normalized spacial score (nSPS) is 10.6. The minimum Gasteiger partial charge on any atom is -0.382 e. The second kappa shape index (κ2) is 6.95. The largest absolute Gasteiger partial charge is 0.382 e. The van der Waals surface area contributed by atoms with Crippen molar-refractivity contribution in [2.45, 2.75) is 26.7 Å². The smallest absolute Gasteiger partial charge is 0.333 e. The van der Waals surface area contributed by atoms with Crippen LogP contribution in [0, 0.1) is 10.1 Å². The predicted octanol–water partition coefficient (Wildman–Crippen LogP) is 1.73. The third kappa shape index (κ3) is 3.43. The quantitative estimate of drug-likeness (QED) is 0.435. The number of rotatable bonds is 8. The number of anilines is 1. The van der Waals surface area contributed by atoms with Crippen molar-refractivity contribution in [3.05, 3.63) is 15.8 Å². The predicted molar refractivity (Wildman–Crippen MR) is 68.8 cm³/mol. The molecule has 7 heteroatoms. The number of nitro groups is 1. The summed E-state index contributed by atoms with van der Waals surface area (Å²) in [5, 5.41) is 18.2. The number of nitrogens with one attached hydrogen (secondary N) is 1. The van der Waals surface area contributed by atoms with Crippen molar-refractivity contribution in [3.8, 4) is 0 Å². The number of aromatic nitrogens is 2. The summed E-state index contributed by atoms with van der Waals surface area (Å²) in [7, 11) is 1.71. The summed E-state index contributed by atoms with van der Waals surface area (Å²) in [5.41, 5.74) is 0.589. The van der Waals surface area contributed by atoms with E-state index in [9.17, 15) is 10.1 Å². The number of hydrogen-bond donors (Lipinski definition) is 1. The van der Waals surface area contributed by atoms with E-state index in [4.69, 9.17) is 4.74 Å². The van der Waals surface area contributed by atoms with E-state index < -0.39 is 0 Å². The van der Waals surface area contributed by atoms with Crippen LogP contribution < -0.4 is 5.32 Å². The van der Waals surface area contributed by atoms with Crippen LogP contribution in [0.15, 0.2) is 0 Å². The topological polar surface area (TPSA) is 82.2 Å². The van der Waals surface area contributed by atoms with Crippen LogP contribution >= 0.6 is 0 Å². The van der Waals surface area contributed by atoms with E-state index >= 15 is 0 Å². The summed E-state index contributed by atoms with van der Waals surface area (Å²) < 4.78 is 6.73. The first-order chi connectivity index (χ1) is 8.61. The van der Waals surface area contributed by atoms with E-state index in [1.165, 1.54) is 4.68 Å². The van der Waals surface area contributed by atoms with E-state index in [-0.39, 0.29) is 10.6 Å². The van der Waals surface area contributed by atoms with Gasteiger partial charge in [-0.1, -0.05) is 6.92 Å². The lowest BCUT2D eigenvalue weighted by Crippen LogP contribution is -2.10. The standard InChI is InChI=1S/C11H20N4O3/c1-4-9-10(15(16)17)11(14(3)13-9)12-7-6-8-18-5-2/h12H,4-8H2,1-3H3. The highest BCUT2D eigenvalue weighted by atomic mass is 16.6. The van der Waals surface area contributed by atoms with E-state index in [1.807, 2.05) is 13.8 Å². The van der Waals surface area contributed by atoms with Gasteiger partial charge < -0.3 is 10.1 Å². The van der Waals surface area contributed by atoms with Crippen LogP contribution in [0.4, 0.5) is 11.5 Å². The van der Waals surface area contributed by atoms with Gasteiger partial charge in [0.2, 0.25) is 5.82 Å². The minimum atomic E-state index is -0.378. The van der Waals surface area contributed by atoms with Gasteiger partial charge in [-0.3, -0.25) is 10.1 Å². The third-order valence-electron chi connectivity index (χ3n) is 2.57. The molecule has 7 nitrogen and oxygen atoms in total. The first kappa shape index (κ1) is 14.4. The molecule has 0 bridgehead atoms. The second-order valence-corrected chi connectivity index (χ2v) is 3.86. The lowest BCUT2D eigenvalue weighted by Gasteiger charge is -2.05. The first-order valence-corrected chi connectivity index (χ1v) is 6.13. The summed E-state index contributed by atoms with van der Waals surface area (Å²) in [6.07, 6.45) is 1.35. The Kier molecular flexibility index (Phi) is 5.57. The summed E-state index contributed by atoms with van der Waals surface area (Å²) in [5.74, 6) is 0.466. The van der Waals surface area contributed by atoms with Crippen molar-refractivity contribution in [3.63, 3.8) is 0 Å². The zero-order valence-corrected chi connectivity index (χ0v) is 11.1. The lowest BCUT2D eigenvalue weighted by molar-refractivity contribution is -0.384. The molecule has 1 aromatic rings. The van der Waals surface area contributed by atoms with Gasteiger partial charge in [0.1, 0.15) is 5.69 Å². The van der Waals surface area contributed by atoms with Gasteiger partial charge in [-0.2, -0.15) is 5.10 Å². The molecule has 0 aliphatic rings. The molecule has 18 heavy (non-hydrogen) atoms. The van der Waals surface area contributed by atoms with E-state index in [0.717, 1.165) is 6.42 Å². The molecule has 1 N–H and O–H groups in total. The van der Waals surface area contributed by atoms with Crippen LogP contribution in [0.3, 0.4) is 0 Å². The van der Waals surface area contributed by atoms with Crippen molar-refractivity contribution in [1.82, 2.24) is 9.78 Å². The Bertz CT molecular complexity index is 403. The third-order valence-corrected chi connectivity index (χ3v) is 2.57. The highest BCUT2D eigenvalue weighted by Crippen LogP contribution is 2.28. The summed E-state index contributed by atoms with van der Waals surface area (Å²) >= 11 is 0. The van der Waals surface area contributed by atoms with Crippen molar-refractivity contribution < 1.29 is 9.66 Å². The molecule has 0 fully saturated rings. The molecule has 0 saturated heterocycles. The number of nitrogens with zero attached hydrogens (tertiary/aromatic N) is 3. The van der Waals surface area contributed by atoms with Gasteiger partial charge in [0.05, 0.1) is 4.92 Å². The second-order valence-electron chi connectivity index (χ2n) is 3.86. The van der Waals surface area contributed by atoms with Crippen LogP contribution in [0.2, 0.25) is 0 Å². The van der Waals surface area contributed by atoms with Gasteiger partial charge >= 0.3 is 5.69 Å². The van der Waals surface area contributed by atoms with Crippen molar-refractivity contribution in [2.24, 2.45) is 7.05 Å². The molecule has 0 aromatic carbocycles. The molecule has 1 heterocycles. The molecule has 102 valence electrons. The Labute approximate surface area is 106 Å². The van der Waals surface area contributed by atoms with Crippen LogP contribution in [-0.4, -0.2) is 34.5 Å². The zero-order valence-electron chi connectivity index (χ0n) is 11.1. The maximum Gasteiger partial charge on any atom is 0.333 e. The van der Waals surface area contributed by atoms with Crippen molar-refractivity contribution >= 4 is 11.5 Å². The Morgan fingerprint density at radius 3 is 2.78 bits per heavy atom. The Balaban J connectivity index is 2.69. The lowest BCUT2D eigenvalue weighted by atomic mass is 10.3. The molecule has 0 radical (unpaired) electrons. The highest BCUT2D eigenvalue weighted by Gasteiger charge is 2.24. The fourth-order valence-electron chi connectivity index (χ4n) is 1.72. The van der Waals surface area contributed by atoms with Gasteiger partial charge in [0.15, 0.2) is 0 Å².